The Morgan fingerprint density at radius 2 is 2.11 bits per heavy atom. The van der Waals surface area contributed by atoms with Crippen LogP contribution in [0.15, 0.2) is 40.3 Å². The van der Waals surface area contributed by atoms with Gasteiger partial charge in [0.15, 0.2) is 0 Å². The Bertz CT molecular complexity index is 617. The molecule has 1 aromatic heterocycles. The van der Waals surface area contributed by atoms with Crippen molar-refractivity contribution in [1.29, 1.82) is 0 Å². The fourth-order valence-electron chi connectivity index (χ4n) is 1.44. The largest absolute Gasteiger partial charge is 0.508 e. The standard InChI is InChI=1S/C13H12N2O3S/c1-8-6-11(15-12(14-8)13(17)18-2)19-10-5-3-4-9(16)7-10/h3-7,16H,1-2H3. The lowest BCUT2D eigenvalue weighted by molar-refractivity contribution is 0.0585. The summed E-state index contributed by atoms with van der Waals surface area (Å²) >= 11 is 1.34. The van der Waals surface area contributed by atoms with Crippen molar-refractivity contribution in [2.45, 2.75) is 16.8 Å². The van der Waals surface area contributed by atoms with Crippen molar-refractivity contribution in [3.05, 3.63) is 41.9 Å². The molecular formula is C13H12N2O3S. The van der Waals surface area contributed by atoms with Crippen molar-refractivity contribution >= 4 is 17.7 Å². The van der Waals surface area contributed by atoms with Crippen LogP contribution in [0.4, 0.5) is 0 Å². The zero-order chi connectivity index (χ0) is 13.8. The quantitative estimate of drug-likeness (QED) is 0.685. The summed E-state index contributed by atoms with van der Waals surface area (Å²) in [5.74, 6) is -0.351. The molecule has 0 radical (unpaired) electrons. The van der Waals surface area contributed by atoms with Gasteiger partial charge in [0.1, 0.15) is 10.8 Å². The van der Waals surface area contributed by atoms with Crippen LogP contribution in [0.1, 0.15) is 16.3 Å². The van der Waals surface area contributed by atoms with Gasteiger partial charge in [-0.05, 0) is 31.2 Å². The zero-order valence-electron chi connectivity index (χ0n) is 10.5. The topological polar surface area (TPSA) is 72.3 Å². The number of hydrogen-bond donors (Lipinski definition) is 1. The summed E-state index contributed by atoms with van der Waals surface area (Å²) in [4.78, 5) is 20.4. The third kappa shape index (κ3) is 3.45. The van der Waals surface area contributed by atoms with E-state index in [0.717, 1.165) is 4.90 Å². The van der Waals surface area contributed by atoms with E-state index >= 15 is 0 Å². The van der Waals surface area contributed by atoms with Crippen LogP contribution in [0.3, 0.4) is 0 Å². The van der Waals surface area contributed by atoms with Crippen LogP contribution >= 0.6 is 11.8 Å². The predicted molar refractivity (Wildman–Crippen MR) is 70.3 cm³/mol. The van der Waals surface area contributed by atoms with Crippen molar-refractivity contribution in [2.24, 2.45) is 0 Å². The highest BCUT2D eigenvalue weighted by atomic mass is 32.2. The summed E-state index contributed by atoms with van der Waals surface area (Å²) in [6.45, 7) is 1.78. The van der Waals surface area contributed by atoms with Gasteiger partial charge in [-0.3, -0.25) is 0 Å². The van der Waals surface area contributed by atoms with Crippen molar-refractivity contribution in [3.8, 4) is 5.75 Å². The molecule has 0 saturated carbocycles. The van der Waals surface area contributed by atoms with Crippen LogP contribution in [-0.4, -0.2) is 28.2 Å². The van der Waals surface area contributed by atoms with Crippen LogP contribution in [-0.2, 0) is 4.74 Å². The smallest absolute Gasteiger partial charge is 0.376 e. The first-order valence-electron chi connectivity index (χ1n) is 5.49. The van der Waals surface area contributed by atoms with E-state index in [-0.39, 0.29) is 11.6 Å². The second-order valence-corrected chi connectivity index (χ2v) is 4.86. The summed E-state index contributed by atoms with van der Waals surface area (Å²) in [5, 5.41) is 10.0. The molecule has 1 aromatic carbocycles. The van der Waals surface area contributed by atoms with Crippen molar-refractivity contribution < 1.29 is 14.6 Å². The molecule has 0 aliphatic rings. The highest BCUT2D eigenvalue weighted by Crippen LogP contribution is 2.28. The Hall–Kier alpha value is -2.08. The summed E-state index contributed by atoms with van der Waals surface area (Å²) < 4.78 is 4.60. The average molecular weight is 276 g/mol. The van der Waals surface area contributed by atoms with Gasteiger partial charge in [0, 0.05) is 10.6 Å². The van der Waals surface area contributed by atoms with Gasteiger partial charge in [0.25, 0.3) is 0 Å². The lowest BCUT2D eigenvalue weighted by atomic mass is 10.3. The number of rotatable bonds is 3. The number of carbonyl (C=O) groups is 1. The van der Waals surface area contributed by atoms with Crippen LogP contribution in [0.2, 0.25) is 0 Å². The highest BCUT2D eigenvalue weighted by Gasteiger charge is 2.12. The number of aryl methyl sites for hydroxylation is 1. The Morgan fingerprint density at radius 1 is 1.32 bits per heavy atom. The minimum absolute atomic E-state index is 0.0325. The van der Waals surface area contributed by atoms with Gasteiger partial charge < -0.3 is 9.84 Å². The van der Waals surface area contributed by atoms with Gasteiger partial charge in [-0.15, -0.1) is 0 Å². The number of methoxy groups -OCH3 is 1. The van der Waals surface area contributed by atoms with E-state index in [4.69, 9.17) is 0 Å². The average Bonchev–Trinajstić information content (AvgIpc) is 2.37. The summed E-state index contributed by atoms with van der Waals surface area (Å²) in [6, 6.07) is 8.57. The van der Waals surface area contributed by atoms with E-state index in [1.807, 2.05) is 6.07 Å². The summed E-state index contributed by atoms with van der Waals surface area (Å²) in [6.07, 6.45) is 0. The number of aromatic hydroxyl groups is 1. The van der Waals surface area contributed by atoms with Crippen molar-refractivity contribution in [1.82, 2.24) is 9.97 Å². The van der Waals surface area contributed by atoms with E-state index in [9.17, 15) is 9.90 Å². The minimum atomic E-state index is -0.568. The van der Waals surface area contributed by atoms with Crippen LogP contribution in [0.25, 0.3) is 0 Å². The van der Waals surface area contributed by atoms with Gasteiger partial charge >= 0.3 is 5.97 Å². The molecule has 0 aliphatic heterocycles. The molecule has 0 unspecified atom stereocenters. The van der Waals surface area contributed by atoms with Gasteiger partial charge in [-0.2, -0.15) is 0 Å². The molecule has 19 heavy (non-hydrogen) atoms. The third-order valence-electron chi connectivity index (χ3n) is 2.24. The van der Waals surface area contributed by atoms with E-state index in [1.165, 1.54) is 18.9 Å². The van der Waals surface area contributed by atoms with Gasteiger partial charge in [0.05, 0.1) is 7.11 Å². The number of hydrogen-bond acceptors (Lipinski definition) is 6. The normalized spacial score (nSPS) is 10.2. The second-order valence-electron chi connectivity index (χ2n) is 3.76. The fraction of sp³-hybridized carbons (Fsp3) is 0.154. The van der Waals surface area contributed by atoms with Crippen LogP contribution in [0, 0.1) is 6.92 Å². The van der Waals surface area contributed by atoms with Gasteiger partial charge in [-0.25, -0.2) is 14.8 Å². The zero-order valence-corrected chi connectivity index (χ0v) is 11.3. The number of aromatic nitrogens is 2. The van der Waals surface area contributed by atoms with Crippen LogP contribution < -0.4 is 0 Å². The SMILES string of the molecule is COC(=O)c1nc(C)cc(Sc2cccc(O)c2)n1. The molecule has 0 saturated heterocycles. The predicted octanol–water partition coefficient (Wildman–Crippen LogP) is 2.43. The van der Waals surface area contributed by atoms with Crippen molar-refractivity contribution in [2.75, 3.05) is 7.11 Å². The molecule has 2 rings (SSSR count). The summed E-state index contributed by atoms with van der Waals surface area (Å²) in [7, 11) is 1.29. The van der Waals surface area contributed by atoms with Crippen LogP contribution in [0.5, 0.6) is 5.75 Å². The molecule has 0 amide bonds. The van der Waals surface area contributed by atoms with E-state index in [1.54, 1.807) is 31.2 Å². The maximum absolute atomic E-state index is 11.4. The molecule has 6 heteroatoms. The molecule has 1 heterocycles. The lowest BCUT2D eigenvalue weighted by Crippen LogP contribution is -2.08. The monoisotopic (exact) mass is 276 g/mol. The minimum Gasteiger partial charge on any atom is -0.508 e. The molecule has 0 aliphatic carbocycles. The van der Waals surface area contributed by atoms with Gasteiger partial charge in [0.2, 0.25) is 5.82 Å². The van der Waals surface area contributed by atoms with E-state index in [0.29, 0.717) is 10.7 Å². The Morgan fingerprint density at radius 3 is 2.79 bits per heavy atom. The van der Waals surface area contributed by atoms with E-state index in [2.05, 4.69) is 14.7 Å². The number of phenolic OH excluding ortho intramolecular Hbond substituents is 1. The highest BCUT2D eigenvalue weighted by molar-refractivity contribution is 7.99. The molecule has 0 spiro atoms. The maximum atomic E-state index is 11.4. The molecule has 98 valence electrons. The van der Waals surface area contributed by atoms with Crippen molar-refractivity contribution in [3.63, 3.8) is 0 Å². The molecule has 1 N–H and O–H groups in total. The number of carbonyl (C=O) groups excluding carboxylic acids is 1. The Labute approximate surface area is 114 Å². The second kappa shape index (κ2) is 5.71. The number of esters is 1. The molecule has 5 nitrogen and oxygen atoms in total. The number of benzene rings is 1. The van der Waals surface area contributed by atoms with Gasteiger partial charge in [-0.1, -0.05) is 17.8 Å². The van der Waals surface area contributed by atoms with E-state index < -0.39 is 5.97 Å². The number of phenols is 1. The number of nitrogens with zero attached hydrogens (tertiary/aromatic N) is 2. The molecule has 0 fully saturated rings. The lowest BCUT2D eigenvalue weighted by Gasteiger charge is -2.05. The molecule has 0 bridgehead atoms. The molecule has 0 atom stereocenters. The molecular weight excluding hydrogens is 264 g/mol. The first kappa shape index (κ1) is 13.4. The first-order valence-corrected chi connectivity index (χ1v) is 6.31. The Kier molecular flexibility index (Phi) is 4.01. The maximum Gasteiger partial charge on any atom is 0.376 e. The Balaban J connectivity index is 2.30. The number of ether oxygens (including phenoxy) is 1. The first-order chi connectivity index (χ1) is 9.08. The summed E-state index contributed by atoms with van der Waals surface area (Å²) in [5.41, 5.74) is 0.679. The third-order valence-corrected chi connectivity index (χ3v) is 3.15. The molecule has 2 aromatic rings. The fourth-order valence-corrected chi connectivity index (χ4v) is 2.37.